The molecule has 0 aromatic heterocycles. The van der Waals surface area contributed by atoms with Gasteiger partial charge in [-0.1, -0.05) is 31.2 Å². The van der Waals surface area contributed by atoms with E-state index in [1.54, 1.807) is 12.1 Å². The molecule has 0 saturated carbocycles. The normalized spacial score (nSPS) is 10.1. The summed E-state index contributed by atoms with van der Waals surface area (Å²) >= 11 is 0. The molecule has 4 nitrogen and oxygen atoms in total. The highest BCUT2D eigenvalue weighted by Crippen LogP contribution is 2.18. The number of hydrogen-bond donors (Lipinski definition) is 2. The molecular weight excluding hydrogens is 357 g/mol. The summed E-state index contributed by atoms with van der Waals surface area (Å²) in [5, 5.41) is 2.84. The van der Waals surface area contributed by atoms with Crippen molar-refractivity contribution in [2.24, 2.45) is 0 Å². The van der Waals surface area contributed by atoms with Crippen LogP contribution in [0.4, 0.5) is 11.4 Å². The zero-order valence-electron chi connectivity index (χ0n) is 14.9. The van der Waals surface area contributed by atoms with Crippen LogP contribution in [0.1, 0.15) is 36.7 Å². The number of halogens is 2. The Bertz CT molecular complexity index is 660. The molecule has 25 heavy (non-hydrogen) atoms. The van der Waals surface area contributed by atoms with Crippen LogP contribution in [0.2, 0.25) is 0 Å². The molecule has 2 aromatic rings. The van der Waals surface area contributed by atoms with E-state index in [0.29, 0.717) is 23.0 Å². The molecule has 6 heteroatoms. The van der Waals surface area contributed by atoms with Gasteiger partial charge in [-0.15, -0.1) is 24.8 Å². The summed E-state index contributed by atoms with van der Waals surface area (Å²) in [6.07, 6.45) is 0. The summed E-state index contributed by atoms with van der Waals surface area (Å²) in [6, 6.07) is 15.5. The first kappa shape index (κ1) is 23.2. The Balaban J connectivity index is 0.00000288. The molecule has 0 spiro atoms. The lowest BCUT2D eigenvalue weighted by atomic mass is 10.1. The van der Waals surface area contributed by atoms with Crippen LogP contribution in [0, 0.1) is 0 Å². The van der Waals surface area contributed by atoms with Gasteiger partial charge in [0.2, 0.25) is 0 Å². The van der Waals surface area contributed by atoms with E-state index < -0.39 is 0 Å². The highest BCUT2D eigenvalue weighted by Gasteiger charge is 2.10. The van der Waals surface area contributed by atoms with E-state index in [9.17, 15) is 4.79 Å². The standard InChI is InChI=1S/C19H25N3O.2ClH/c1-4-22(14(2)3)13-15-9-11-16(12-10-15)19(23)21-18-8-6-5-7-17(18)20;;/h5-12,14H,4,13,20H2,1-3H3,(H,21,23);2*1H. The van der Waals surface area contributed by atoms with Crippen molar-refractivity contribution in [3.8, 4) is 0 Å². The molecular formula is C19H27Cl2N3O. The number of nitrogens with one attached hydrogen (secondary N) is 1. The van der Waals surface area contributed by atoms with Crippen molar-refractivity contribution >= 4 is 42.1 Å². The van der Waals surface area contributed by atoms with Gasteiger partial charge in [-0.2, -0.15) is 0 Å². The van der Waals surface area contributed by atoms with Crippen molar-refractivity contribution in [2.75, 3.05) is 17.6 Å². The van der Waals surface area contributed by atoms with Crippen LogP contribution >= 0.6 is 24.8 Å². The zero-order valence-corrected chi connectivity index (χ0v) is 16.5. The van der Waals surface area contributed by atoms with Gasteiger partial charge in [-0.3, -0.25) is 9.69 Å². The first-order valence-corrected chi connectivity index (χ1v) is 8.00. The molecule has 0 radical (unpaired) electrons. The highest BCUT2D eigenvalue weighted by atomic mass is 35.5. The number of nitrogens with zero attached hydrogens (tertiary/aromatic N) is 1. The molecule has 0 aliphatic rings. The Kier molecular flexibility index (Phi) is 10.2. The van der Waals surface area contributed by atoms with Crippen LogP contribution in [0.15, 0.2) is 48.5 Å². The Hall–Kier alpha value is -1.75. The van der Waals surface area contributed by atoms with Gasteiger partial charge in [0, 0.05) is 18.2 Å². The van der Waals surface area contributed by atoms with Gasteiger partial charge in [0.15, 0.2) is 0 Å². The fourth-order valence-electron chi connectivity index (χ4n) is 2.46. The predicted molar refractivity (Wildman–Crippen MR) is 111 cm³/mol. The van der Waals surface area contributed by atoms with Crippen molar-refractivity contribution in [3.05, 3.63) is 59.7 Å². The molecule has 2 aromatic carbocycles. The van der Waals surface area contributed by atoms with Crippen LogP contribution in [-0.2, 0) is 6.54 Å². The molecule has 0 saturated heterocycles. The molecule has 0 heterocycles. The van der Waals surface area contributed by atoms with Gasteiger partial charge in [0.25, 0.3) is 5.91 Å². The smallest absolute Gasteiger partial charge is 0.255 e. The van der Waals surface area contributed by atoms with E-state index >= 15 is 0 Å². The maximum Gasteiger partial charge on any atom is 0.255 e. The van der Waals surface area contributed by atoms with Crippen molar-refractivity contribution in [1.82, 2.24) is 4.90 Å². The van der Waals surface area contributed by atoms with Gasteiger partial charge in [-0.05, 0) is 50.2 Å². The van der Waals surface area contributed by atoms with Crippen molar-refractivity contribution in [1.29, 1.82) is 0 Å². The molecule has 0 bridgehead atoms. The van der Waals surface area contributed by atoms with Gasteiger partial charge in [-0.25, -0.2) is 0 Å². The van der Waals surface area contributed by atoms with Crippen LogP contribution < -0.4 is 11.1 Å². The number of carbonyl (C=O) groups excluding carboxylic acids is 1. The molecule has 0 aliphatic heterocycles. The topological polar surface area (TPSA) is 58.4 Å². The number of carbonyl (C=O) groups is 1. The second-order valence-corrected chi connectivity index (χ2v) is 5.90. The molecule has 0 fully saturated rings. The lowest BCUT2D eigenvalue weighted by Gasteiger charge is -2.24. The largest absolute Gasteiger partial charge is 0.397 e. The Labute approximate surface area is 162 Å². The molecule has 138 valence electrons. The first-order chi connectivity index (χ1) is 11.0. The molecule has 0 aliphatic carbocycles. The van der Waals surface area contributed by atoms with E-state index in [2.05, 4.69) is 31.0 Å². The fraction of sp³-hybridized carbons (Fsp3) is 0.316. The zero-order chi connectivity index (χ0) is 16.8. The molecule has 0 unspecified atom stereocenters. The second kappa shape index (κ2) is 11.0. The van der Waals surface area contributed by atoms with Gasteiger partial charge < -0.3 is 11.1 Å². The third-order valence-corrected chi connectivity index (χ3v) is 3.95. The van der Waals surface area contributed by atoms with E-state index in [1.165, 1.54) is 5.56 Å². The number of amides is 1. The number of nitrogen functional groups attached to an aromatic ring is 1. The number of para-hydroxylation sites is 2. The van der Waals surface area contributed by atoms with E-state index in [-0.39, 0.29) is 30.7 Å². The Morgan fingerprint density at radius 1 is 1.08 bits per heavy atom. The summed E-state index contributed by atoms with van der Waals surface area (Å²) in [5.41, 5.74) is 8.88. The van der Waals surface area contributed by atoms with Crippen molar-refractivity contribution in [3.63, 3.8) is 0 Å². The van der Waals surface area contributed by atoms with Crippen molar-refractivity contribution in [2.45, 2.75) is 33.4 Å². The quantitative estimate of drug-likeness (QED) is 0.716. The summed E-state index contributed by atoms with van der Waals surface area (Å²) in [7, 11) is 0. The average Bonchev–Trinajstić information content (AvgIpc) is 2.55. The predicted octanol–water partition coefficient (Wildman–Crippen LogP) is 4.60. The minimum atomic E-state index is -0.148. The first-order valence-electron chi connectivity index (χ1n) is 8.00. The van der Waals surface area contributed by atoms with E-state index in [0.717, 1.165) is 13.1 Å². The SMILES string of the molecule is CCN(Cc1ccc(C(=O)Nc2ccccc2N)cc1)C(C)C.Cl.Cl. The van der Waals surface area contributed by atoms with Crippen LogP contribution in [-0.4, -0.2) is 23.4 Å². The Morgan fingerprint density at radius 2 is 1.68 bits per heavy atom. The molecule has 2 rings (SSSR count). The molecule has 3 N–H and O–H groups in total. The maximum absolute atomic E-state index is 12.3. The number of benzene rings is 2. The summed E-state index contributed by atoms with van der Waals surface area (Å²) in [5.74, 6) is -0.148. The Morgan fingerprint density at radius 3 is 2.20 bits per heavy atom. The van der Waals surface area contributed by atoms with E-state index in [4.69, 9.17) is 5.73 Å². The van der Waals surface area contributed by atoms with Crippen LogP contribution in [0.3, 0.4) is 0 Å². The minimum absolute atomic E-state index is 0. The maximum atomic E-state index is 12.3. The highest BCUT2D eigenvalue weighted by molar-refractivity contribution is 6.05. The number of rotatable bonds is 6. The third kappa shape index (κ3) is 6.58. The molecule has 1 amide bonds. The van der Waals surface area contributed by atoms with Crippen LogP contribution in [0.5, 0.6) is 0 Å². The monoisotopic (exact) mass is 383 g/mol. The minimum Gasteiger partial charge on any atom is -0.397 e. The summed E-state index contributed by atoms with van der Waals surface area (Å²) < 4.78 is 0. The number of nitrogens with two attached hydrogens (primary N) is 1. The number of anilines is 2. The van der Waals surface area contributed by atoms with E-state index in [1.807, 2.05) is 36.4 Å². The average molecular weight is 384 g/mol. The fourth-order valence-corrected chi connectivity index (χ4v) is 2.46. The molecule has 0 atom stereocenters. The summed E-state index contributed by atoms with van der Waals surface area (Å²) in [6.45, 7) is 8.44. The van der Waals surface area contributed by atoms with Gasteiger partial charge >= 0.3 is 0 Å². The second-order valence-electron chi connectivity index (χ2n) is 5.90. The third-order valence-electron chi connectivity index (χ3n) is 3.95. The lowest BCUT2D eigenvalue weighted by molar-refractivity contribution is 0.102. The summed E-state index contributed by atoms with van der Waals surface area (Å²) in [4.78, 5) is 14.7. The van der Waals surface area contributed by atoms with Gasteiger partial charge in [0.05, 0.1) is 11.4 Å². The number of hydrogen-bond acceptors (Lipinski definition) is 3. The van der Waals surface area contributed by atoms with Crippen molar-refractivity contribution < 1.29 is 4.79 Å². The van der Waals surface area contributed by atoms with Gasteiger partial charge in [0.1, 0.15) is 0 Å². The lowest BCUT2D eigenvalue weighted by Crippen LogP contribution is -2.29. The van der Waals surface area contributed by atoms with Crippen LogP contribution in [0.25, 0.3) is 0 Å².